The first-order valence-corrected chi connectivity index (χ1v) is 12.7. The molecule has 0 unspecified atom stereocenters. The molecule has 37 heavy (non-hydrogen) atoms. The maximum atomic E-state index is 13.3. The summed E-state index contributed by atoms with van der Waals surface area (Å²) in [5, 5.41) is 11.4. The summed E-state index contributed by atoms with van der Waals surface area (Å²) in [7, 11) is 3.91. The number of rotatable bonds is 7. The van der Waals surface area contributed by atoms with Crippen LogP contribution in [0.3, 0.4) is 0 Å². The predicted octanol–water partition coefficient (Wildman–Crippen LogP) is 2.67. The number of nitrogens with zero attached hydrogens (tertiary/aromatic N) is 3. The largest absolute Gasteiger partial charge is 0.507 e. The predicted molar refractivity (Wildman–Crippen MR) is 139 cm³/mol. The van der Waals surface area contributed by atoms with E-state index in [1.807, 2.05) is 43.3 Å². The van der Waals surface area contributed by atoms with Crippen molar-refractivity contribution in [2.24, 2.45) is 0 Å². The van der Waals surface area contributed by atoms with Gasteiger partial charge in [0.05, 0.1) is 24.8 Å². The molecule has 1 N–H and O–H groups in total. The third-order valence-corrected chi connectivity index (χ3v) is 7.06. The fourth-order valence-corrected chi connectivity index (χ4v) is 5.05. The van der Waals surface area contributed by atoms with Crippen LogP contribution in [0.4, 0.5) is 5.69 Å². The molecule has 1 amide bonds. The molecular weight excluding hydrogens is 474 g/mol. The number of amides is 1. The Morgan fingerprint density at radius 3 is 2.35 bits per heavy atom. The van der Waals surface area contributed by atoms with E-state index in [1.54, 1.807) is 23.1 Å². The van der Waals surface area contributed by atoms with E-state index in [0.29, 0.717) is 56.5 Å². The smallest absolute Gasteiger partial charge is 0.295 e. The Morgan fingerprint density at radius 1 is 0.946 bits per heavy atom. The summed E-state index contributed by atoms with van der Waals surface area (Å²) in [6.45, 7) is 5.20. The topological polar surface area (TPSA) is 91.8 Å². The highest BCUT2D eigenvalue weighted by Crippen LogP contribution is 2.41. The fourth-order valence-electron chi connectivity index (χ4n) is 5.05. The van der Waals surface area contributed by atoms with Crippen molar-refractivity contribution in [3.63, 3.8) is 0 Å². The summed E-state index contributed by atoms with van der Waals surface area (Å²) in [4.78, 5) is 32.5. The third kappa shape index (κ3) is 5.14. The van der Waals surface area contributed by atoms with Crippen molar-refractivity contribution in [3.8, 4) is 11.5 Å². The molecule has 2 fully saturated rings. The SMILES string of the molecule is CN(C)c1ccc([C@@H]2C(=C(O)c3ccc4c(c3)OCCO4)C(=O)C(=O)N2CCCN2CCOCC2)cc1. The van der Waals surface area contributed by atoms with Gasteiger partial charge in [0.2, 0.25) is 0 Å². The van der Waals surface area contributed by atoms with E-state index < -0.39 is 17.7 Å². The number of likely N-dealkylation sites (tertiary alicyclic amines) is 1. The van der Waals surface area contributed by atoms with Gasteiger partial charge in [0.25, 0.3) is 11.7 Å². The zero-order valence-corrected chi connectivity index (χ0v) is 21.3. The zero-order chi connectivity index (χ0) is 25.9. The molecule has 9 heteroatoms. The van der Waals surface area contributed by atoms with Gasteiger partial charge in [-0.3, -0.25) is 14.5 Å². The molecule has 2 saturated heterocycles. The van der Waals surface area contributed by atoms with Gasteiger partial charge in [-0.05, 0) is 42.3 Å². The Bertz CT molecular complexity index is 1190. The maximum absolute atomic E-state index is 13.3. The summed E-state index contributed by atoms with van der Waals surface area (Å²) in [5.74, 6) is -0.403. The van der Waals surface area contributed by atoms with Crippen LogP contribution in [-0.4, -0.2) is 93.3 Å². The average Bonchev–Trinajstić information content (AvgIpc) is 3.18. The van der Waals surface area contributed by atoms with E-state index in [9.17, 15) is 14.7 Å². The zero-order valence-electron chi connectivity index (χ0n) is 21.3. The van der Waals surface area contributed by atoms with Crippen LogP contribution < -0.4 is 14.4 Å². The van der Waals surface area contributed by atoms with Crippen LogP contribution in [0.15, 0.2) is 48.0 Å². The first-order chi connectivity index (χ1) is 17.9. The first kappa shape index (κ1) is 25.1. The molecule has 2 aromatic carbocycles. The molecule has 3 aliphatic rings. The first-order valence-electron chi connectivity index (χ1n) is 12.7. The minimum absolute atomic E-state index is 0.0886. The molecular formula is C28H33N3O6. The molecule has 0 aromatic heterocycles. The van der Waals surface area contributed by atoms with Crippen LogP contribution in [0, 0.1) is 0 Å². The highest BCUT2D eigenvalue weighted by Gasteiger charge is 2.46. The lowest BCUT2D eigenvalue weighted by molar-refractivity contribution is -0.140. The molecule has 0 bridgehead atoms. The van der Waals surface area contributed by atoms with Crippen molar-refractivity contribution in [2.45, 2.75) is 12.5 Å². The second kappa shape index (κ2) is 10.8. The van der Waals surface area contributed by atoms with Crippen LogP contribution in [0.25, 0.3) is 5.76 Å². The Kier molecular flexibility index (Phi) is 7.34. The Hall–Kier alpha value is -3.56. The molecule has 0 aliphatic carbocycles. The van der Waals surface area contributed by atoms with Gasteiger partial charge >= 0.3 is 0 Å². The number of carbonyl (C=O) groups excluding carboxylic acids is 2. The van der Waals surface area contributed by atoms with E-state index in [4.69, 9.17) is 14.2 Å². The van der Waals surface area contributed by atoms with E-state index in [1.165, 1.54) is 0 Å². The molecule has 3 heterocycles. The van der Waals surface area contributed by atoms with Crippen molar-refractivity contribution in [1.29, 1.82) is 0 Å². The van der Waals surface area contributed by atoms with E-state index in [0.717, 1.165) is 30.9 Å². The number of fused-ring (bicyclic) bond motifs is 1. The summed E-state index contributed by atoms with van der Waals surface area (Å²) < 4.78 is 16.7. The number of hydrogen-bond donors (Lipinski definition) is 1. The summed E-state index contributed by atoms with van der Waals surface area (Å²) >= 11 is 0. The van der Waals surface area contributed by atoms with Crippen LogP contribution >= 0.6 is 0 Å². The quantitative estimate of drug-likeness (QED) is 0.348. The third-order valence-electron chi connectivity index (χ3n) is 7.06. The second-order valence-electron chi connectivity index (χ2n) is 9.64. The number of anilines is 1. The van der Waals surface area contributed by atoms with Gasteiger partial charge in [-0.25, -0.2) is 0 Å². The number of Topliss-reactive ketones (excluding diaryl/α,β-unsaturated/α-hetero) is 1. The standard InChI is InChI=1S/C28H33N3O6/c1-29(2)21-7-4-19(5-8-21)25-24(26(32)20-6-9-22-23(18-20)37-17-16-36-22)27(33)28(34)31(25)11-3-10-30-12-14-35-15-13-30/h4-9,18,25,32H,3,10-17H2,1-2H3/t25-/m1/s1. The van der Waals surface area contributed by atoms with Crippen LogP contribution in [0.5, 0.6) is 11.5 Å². The molecule has 196 valence electrons. The monoisotopic (exact) mass is 507 g/mol. The number of aliphatic hydroxyl groups is 1. The van der Waals surface area contributed by atoms with Gasteiger partial charge in [0, 0.05) is 51.5 Å². The lowest BCUT2D eigenvalue weighted by Crippen LogP contribution is -2.38. The van der Waals surface area contributed by atoms with E-state index in [2.05, 4.69) is 4.90 Å². The van der Waals surface area contributed by atoms with Gasteiger partial charge in [-0.2, -0.15) is 0 Å². The van der Waals surface area contributed by atoms with Crippen molar-refractivity contribution >= 4 is 23.1 Å². The van der Waals surface area contributed by atoms with E-state index in [-0.39, 0.29) is 11.3 Å². The van der Waals surface area contributed by atoms with Crippen molar-refractivity contribution in [3.05, 3.63) is 59.2 Å². The molecule has 1 atom stereocenters. The van der Waals surface area contributed by atoms with Gasteiger partial charge in [0.15, 0.2) is 11.5 Å². The van der Waals surface area contributed by atoms with Crippen LogP contribution in [-0.2, 0) is 14.3 Å². The maximum Gasteiger partial charge on any atom is 0.295 e. The van der Waals surface area contributed by atoms with E-state index >= 15 is 0 Å². The summed E-state index contributed by atoms with van der Waals surface area (Å²) in [5.41, 5.74) is 2.27. The molecule has 0 saturated carbocycles. The van der Waals surface area contributed by atoms with Crippen molar-refractivity contribution in [1.82, 2.24) is 9.80 Å². The lowest BCUT2D eigenvalue weighted by atomic mass is 9.95. The molecule has 3 aliphatic heterocycles. The van der Waals surface area contributed by atoms with Gasteiger partial charge in [-0.1, -0.05) is 12.1 Å². The number of benzene rings is 2. The summed E-state index contributed by atoms with van der Waals surface area (Å²) in [6.07, 6.45) is 0.712. The fraction of sp³-hybridized carbons (Fsp3) is 0.429. The number of ether oxygens (including phenoxy) is 3. The molecule has 9 nitrogen and oxygen atoms in total. The number of carbonyl (C=O) groups is 2. The molecule has 2 aromatic rings. The second-order valence-corrected chi connectivity index (χ2v) is 9.64. The number of morpholine rings is 1. The van der Waals surface area contributed by atoms with Gasteiger partial charge < -0.3 is 29.1 Å². The van der Waals surface area contributed by atoms with Crippen LogP contribution in [0.2, 0.25) is 0 Å². The molecule has 0 radical (unpaired) electrons. The Morgan fingerprint density at radius 2 is 1.65 bits per heavy atom. The van der Waals surface area contributed by atoms with Gasteiger partial charge in [-0.15, -0.1) is 0 Å². The Balaban J connectivity index is 1.49. The van der Waals surface area contributed by atoms with Crippen molar-refractivity contribution < 1.29 is 28.9 Å². The number of ketones is 1. The van der Waals surface area contributed by atoms with Gasteiger partial charge in [0.1, 0.15) is 19.0 Å². The normalized spacial score (nSPS) is 21.4. The number of hydrogen-bond acceptors (Lipinski definition) is 8. The lowest BCUT2D eigenvalue weighted by Gasteiger charge is -2.29. The van der Waals surface area contributed by atoms with Crippen LogP contribution in [0.1, 0.15) is 23.6 Å². The minimum Gasteiger partial charge on any atom is -0.507 e. The highest BCUT2D eigenvalue weighted by molar-refractivity contribution is 6.46. The minimum atomic E-state index is -0.686. The number of aliphatic hydroxyl groups excluding tert-OH is 1. The average molecular weight is 508 g/mol. The Labute approximate surface area is 216 Å². The molecule has 0 spiro atoms. The highest BCUT2D eigenvalue weighted by atomic mass is 16.6. The van der Waals surface area contributed by atoms with Crippen molar-refractivity contribution in [2.75, 3.05) is 71.6 Å². The molecule has 5 rings (SSSR count). The summed E-state index contributed by atoms with van der Waals surface area (Å²) in [6, 6.07) is 12.1.